The largest absolute Gasteiger partial charge is 0.545 e. The van der Waals surface area contributed by atoms with Gasteiger partial charge in [-0.15, -0.1) is 0 Å². The van der Waals surface area contributed by atoms with Crippen molar-refractivity contribution < 1.29 is 19.5 Å². The maximum absolute atomic E-state index is 12.5. The number of carbonyl (C=O) groups excluding carboxylic acids is 3. The summed E-state index contributed by atoms with van der Waals surface area (Å²) in [5.74, 6) is -1.80. The van der Waals surface area contributed by atoms with Crippen LogP contribution in [0.25, 0.3) is 0 Å². The van der Waals surface area contributed by atoms with Crippen molar-refractivity contribution in [2.24, 2.45) is 4.99 Å². The Labute approximate surface area is 172 Å². The Balaban J connectivity index is 1.67. The molecule has 0 aliphatic carbocycles. The third-order valence-electron chi connectivity index (χ3n) is 4.50. The number of nitrogens with zero attached hydrogens (tertiary/aromatic N) is 2. The van der Waals surface area contributed by atoms with Gasteiger partial charge in [0.25, 0.3) is 0 Å². The third kappa shape index (κ3) is 4.83. The van der Waals surface area contributed by atoms with Crippen LogP contribution in [0.2, 0.25) is 0 Å². The molecule has 1 aliphatic rings. The molecule has 3 rings (SSSR count). The minimum Gasteiger partial charge on any atom is -0.545 e. The Morgan fingerprint density at radius 3 is 2.52 bits per heavy atom. The zero-order valence-electron chi connectivity index (χ0n) is 16.3. The molecular weight excluding hydrogens is 390 g/mol. The van der Waals surface area contributed by atoms with Crippen LogP contribution in [0.5, 0.6) is 0 Å². The molecule has 0 aromatic heterocycles. The molecule has 1 heterocycles. The van der Waals surface area contributed by atoms with E-state index >= 15 is 0 Å². The van der Waals surface area contributed by atoms with Gasteiger partial charge in [0.05, 0.1) is 11.7 Å². The second kappa shape index (κ2) is 8.48. The third-order valence-corrected chi connectivity index (χ3v) is 5.73. The molecule has 150 valence electrons. The van der Waals surface area contributed by atoms with E-state index in [0.29, 0.717) is 10.9 Å². The summed E-state index contributed by atoms with van der Waals surface area (Å²) in [5, 5.41) is 13.4. The predicted octanol–water partition coefficient (Wildman–Crippen LogP) is 2.26. The molecule has 0 spiro atoms. The lowest BCUT2D eigenvalue weighted by Crippen LogP contribution is -2.30. The van der Waals surface area contributed by atoms with Crippen LogP contribution < -0.4 is 10.4 Å². The normalized spacial score (nSPS) is 17.6. The molecule has 1 atom stereocenters. The summed E-state index contributed by atoms with van der Waals surface area (Å²) in [4.78, 5) is 41.7. The molecule has 1 aliphatic heterocycles. The number of hydrogen-bond donors (Lipinski definition) is 1. The van der Waals surface area contributed by atoms with Crippen molar-refractivity contribution in [2.75, 3.05) is 12.4 Å². The summed E-state index contributed by atoms with van der Waals surface area (Å²) >= 11 is 1.26. The van der Waals surface area contributed by atoms with E-state index in [1.807, 2.05) is 32.0 Å². The van der Waals surface area contributed by atoms with E-state index in [1.54, 1.807) is 7.05 Å². The average Bonchev–Trinajstić information content (AvgIpc) is 2.93. The Bertz CT molecular complexity index is 1000. The first-order valence-corrected chi connectivity index (χ1v) is 9.84. The number of nitrogens with one attached hydrogen (secondary N) is 1. The SMILES string of the molecule is Cc1ccc(C)c(N=C2S[C@H](CC(=O)Nc3ccc(C(=O)[O-])cc3)C(=O)N2C)c1. The van der Waals surface area contributed by atoms with Gasteiger partial charge in [-0.25, -0.2) is 4.99 Å². The van der Waals surface area contributed by atoms with Gasteiger partial charge in [-0.3, -0.25) is 14.5 Å². The molecule has 2 amide bonds. The quantitative estimate of drug-likeness (QED) is 0.815. The number of rotatable bonds is 5. The molecule has 1 fully saturated rings. The zero-order chi connectivity index (χ0) is 21.1. The highest BCUT2D eigenvalue weighted by atomic mass is 32.2. The summed E-state index contributed by atoms with van der Waals surface area (Å²) in [7, 11) is 1.65. The van der Waals surface area contributed by atoms with E-state index in [4.69, 9.17) is 0 Å². The number of thioether (sulfide) groups is 1. The van der Waals surface area contributed by atoms with Crippen molar-refractivity contribution in [2.45, 2.75) is 25.5 Å². The first-order chi connectivity index (χ1) is 13.7. The monoisotopic (exact) mass is 410 g/mol. The molecule has 2 aromatic rings. The molecule has 0 bridgehead atoms. The molecule has 0 radical (unpaired) electrons. The Kier molecular flexibility index (Phi) is 6.03. The van der Waals surface area contributed by atoms with Gasteiger partial charge in [0.2, 0.25) is 11.8 Å². The van der Waals surface area contributed by atoms with Gasteiger partial charge in [0, 0.05) is 19.2 Å². The maximum atomic E-state index is 12.5. The van der Waals surface area contributed by atoms with E-state index in [-0.39, 0.29) is 23.8 Å². The molecule has 7 nitrogen and oxygen atoms in total. The summed E-state index contributed by atoms with van der Waals surface area (Å²) in [6.45, 7) is 3.93. The van der Waals surface area contributed by atoms with Gasteiger partial charge in [0.15, 0.2) is 5.17 Å². The number of hydrogen-bond acceptors (Lipinski definition) is 6. The van der Waals surface area contributed by atoms with Gasteiger partial charge >= 0.3 is 0 Å². The summed E-state index contributed by atoms with van der Waals surface area (Å²) in [6, 6.07) is 11.6. The highest BCUT2D eigenvalue weighted by Gasteiger charge is 2.37. The van der Waals surface area contributed by atoms with Gasteiger partial charge in [-0.1, -0.05) is 36.0 Å². The van der Waals surface area contributed by atoms with Crippen LogP contribution in [0, 0.1) is 13.8 Å². The number of amidine groups is 1. The molecule has 1 saturated heterocycles. The van der Waals surface area contributed by atoms with Crippen molar-refractivity contribution in [3.63, 3.8) is 0 Å². The van der Waals surface area contributed by atoms with Crippen molar-refractivity contribution in [3.05, 3.63) is 59.2 Å². The van der Waals surface area contributed by atoms with Crippen LogP contribution in [-0.2, 0) is 9.59 Å². The van der Waals surface area contributed by atoms with Crippen LogP contribution in [0.15, 0.2) is 47.5 Å². The number of carbonyl (C=O) groups is 3. The topological polar surface area (TPSA) is 102 Å². The Morgan fingerprint density at radius 2 is 1.86 bits per heavy atom. The number of aromatic carboxylic acids is 1. The van der Waals surface area contributed by atoms with Gasteiger partial charge in [-0.2, -0.15) is 0 Å². The number of anilines is 1. The van der Waals surface area contributed by atoms with Crippen LogP contribution in [0.3, 0.4) is 0 Å². The van der Waals surface area contributed by atoms with E-state index in [2.05, 4.69) is 10.3 Å². The second-order valence-corrected chi connectivity index (χ2v) is 7.98. The lowest BCUT2D eigenvalue weighted by Gasteiger charge is -2.10. The number of carboxylic acid groups (broad SMARTS) is 1. The van der Waals surface area contributed by atoms with Crippen molar-refractivity contribution >= 4 is 46.1 Å². The Morgan fingerprint density at radius 1 is 1.17 bits per heavy atom. The smallest absolute Gasteiger partial charge is 0.242 e. The molecule has 0 saturated carbocycles. The lowest BCUT2D eigenvalue weighted by molar-refractivity contribution is -0.255. The van der Waals surface area contributed by atoms with Gasteiger partial charge < -0.3 is 15.2 Å². The summed E-state index contributed by atoms with van der Waals surface area (Å²) in [6.07, 6.45) is -0.0120. The van der Waals surface area contributed by atoms with Crippen molar-refractivity contribution in [3.8, 4) is 0 Å². The first kappa shape index (κ1) is 20.6. The molecule has 1 N–H and O–H groups in total. The van der Waals surface area contributed by atoms with Crippen LogP contribution in [0.1, 0.15) is 27.9 Å². The van der Waals surface area contributed by atoms with Crippen molar-refractivity contribution in [1.29, 1.82) is 0 Å². The van der Waals surface area contributed by atoms with Gasteiger partial charge in [0.1, 0.15) is 5.25 Å². The minimum absolute atomic E-state index is 0.0120. The molecule has 29 heavy (non-hydrogen) atoms. The second-order valence-electron chi connectivity index (χ2n) is 6.81. The average molecular weight is 410 g/mol. The molecule has 0 unspecified atom stereocenters. The van der Waals surface area contributed by atoms with Gasteiger partial charge in [-0.05, 0) is 48.7 Å². The van der Waals surface area contributed by atoms with Crippen LogP contribution in [0.4, 0.5) is 11.4 Å². The summed E-state index contributed by atoms with van der Waals surface area (Å²) in [5.41, 5.74) is 3.36. The maximum Gasteiger partial charge on any atom is 0.242 e. The fourth-order valence-electron chi connectivity index (χ4n) is 2.81. The molecular formula is C21H20N3O4S-. The highest BCUT2D eigenvalue weighted by Crippen LogP contribution is 2.32. The number of carboxylic acids is 1. The van der Waals surface area contributed by atoms with Crippen molar-refractivity contribution in [1.82, 2.24) is 4.90 Å². The lowest BCUT2D eigenvalue weighted by atomic mass is 10.1. The van der Waals surface area contributed by atoms with E-state index < -0.39 is 11.2 Å². The first-order valence-electron chi connectivity index (χ1n) is 8.96. The van der Waals surface area contributed by atoms with Crippen LogP contribution >= 0.6 is 11.8 Å². The van der Waals surface area contributed by atoms with E-state index in [9.17, 15) is 19.5 Å². The zero-order valence-corrected chi connectivity index (χ0v) is 17.1. The fraction of sp³-hybridized carbons (Fsp3) is 0.238. The molecule has 8 heteroatoms. The standard InChI is InChI=1S/C21H21N3O4S/c1-12-4-5-13(2)16(10-12)23-21-24(3)19(26)17(29-21)11-18(25)22-15-8-6-14(7-9-15)20(27)28/h4-10,17H,11H2,1-3H3,(H,22,25)(H,27,28)/p-1/t17-/m1/s1. The summed E-state index contributed by atoms with van der Waals surface area (Å²) < 4.78 is 0. The number of benzene rings is 2. The number of amides is 2. The van der Waals surface area contributed by atoms with Crippen LogP contribution in [-0.4, -0.2) is 40.1 Å². The number of aryl methyl sites for hydroxylation is 2. The van der Waals surface area contributed by atoms with E-state index in [0.717, 1.165) is 16.8 Å². The van der Waals surface area contributed by atoms with E-state index in [1.165, 1.54) is 40.9 Å². The fourth-order valence-corrected chi connectivity index (χ4v) is 3.96. The predicted molar refractivity (Wildman–Crippen MR) is 111 cm³/mol. The number of aliphatic imine (C=N–C) groups is 1. The highest BCUT2D eigenvalue weighted by molar-refractivity contribution is 8.15. The molecule has 2 aromatic carbocycles. The minimum atomic E-state index is -1.28. The Hall–Kier alpha value is -3.13.